The minimum absolute atomic E-state index is 0.0294. The number of rotatable bonds is 6. The molecule has 0 unspecified atom stereocenters. The maximum atomic E-state index is 11.9. The number of benzene rings is 1. The number of para-hydroxylation sites is 1. The molecule has 1 N–H and O–H groups in total. The van der Waals surface area contributed by atoms with Gasteiger partial charge >= 0.3 is 0 Å². The zero-order valence-corrected chi connectivity index (χ0v) is 13.8. The number of thiazole rings is 1. The van der Waals surface area contributed by atoms with Crippen molar-refractivity contribution in [2.45, 2.75) is 13.3 Å². The fourth-order valence-electron chi connectivity index (χ4n) is 2.17. The molecule has 1 heterocycles. The number of fused-ring (bicyclic) bond motifs is 1. The third-order valence-corrected chi connectivity index (χ3v) is 4.30. The topological polar surface area (TPSA) is 46.9 Å². The van der Waals surface area contributed by atoms with Crippen LogP contribution < -0.4 is 14.5 Å². The third kappa shape index (κ3) is 3.71. The summed E-state index contributed by atoms with van der Waals surface area (Å²) >= 11 is 1.53. The Morgan fingerprint density at radius 3 is 2.81 bits per heavy atom. The van der Waals surface area contributed by atoms with Gasteiger partial charge < -0.3 is 9.64 Å². The molecule has 0 saturated heterocycles. The largest absolute Gasteiger partial charge is 0.494 e. The van der Waals surface area contributed by atoms with Crippen LogP contribution >= 0.6 is 11.3 Å². The highest BCUT2D eigenvalue weighted by molar-refractivity contribution is 7.22. The van der Waals surface area contributed by atoms with Crippen molar-refractivity contribution in [3.8, 4) is 5.75 Å². The molecule has 1 aromatic carbocycles. The average Bonchev–Trinajstić information content (AvgIpc) is 2.85. The van der Waals surface area contributed by atoms with E-state index >= 15 is 0 Å². The first kappa shape index (κ1) is 15.7. The number of hydrogen-bond donors (Lipinski definition) is 1. The minimum atomic E-state index is 0.0294. The summed E-state index contributed by atoms with van der Waals surface area (Å²) in [7, 11) is 5.86. The van der Waals surface area contributed by atoms with E-state index in [0.717, 1.165) is 34.1 Å². The lowest BCUT2D eigenvalue weighted by Crippen LogP contribution is -3.05. The molecule has 1 amide bonds. The van der Waals surface area contributed by atoms with Gasteiger partial charge in [-0.15, -0.1) is 0 Å². The standard InChI is InChI=1S/C15H21N3O2S/c1-11(19)18(10-6-9-17(2)3)15-16-14-12(20-4)7-5-8-13(14)21-15/h5,7-8H,6,9-10H2,1-4H3/p+1. The number of nitrogens with one attached hydrogen (secondary N) is 1. The summed E-state index contributed by atoms with van der Waals surface area (Å²) < 4.78 is 6.37. The maximum Gasteiger partial charge on any atom is 0.225 e. The molecular weight excluding hydrogens is 286 g/mol. The Labute approximate surface area is 129 Å². The second kappa shape index (κ2) is 6.87. The van der Waals surface area contributed by atoms with Gasteiger partial charge in [-0.25, -0.2) is 4.98 Å². The Balaban J connectivity index is 2.26. The van der Waals surface area contributed by atoms with Gasteiger partial charge in [0.25, 0.3) is 0 Å². The van der Waals surface area contributed by atoms with Crippen molar-refractivity contribution in [1.82, 2.24) is 4.98 Å². The summed E-state index contributed by atoms with van der Waals surface area (Å²) in [6.45, 7) is 3.31. The summed E-state index contributed by atoms with van der Waals surface area (Å²) in [5.74, 6) is 0.776. The predicted molar refractivity (Wildman–Crippen MR) is 86.5 cm³/mol. The first-order chi connectivity index (χ1) is 10.0. The lowest BCUT2D eigenvalue weighted by Gasteiger charge is -2.18. The Bertz CT molecular complexity index is 624. The van der Waals surface area contributed by atoms with Crippen LogP contribution in [-0.4, -0.2) is 45.2 Å². The summed E-state index contributed by atoms with van der Waals surface area (Å²) in [6, 6.07) is 5.83. The van der Waals surface area contributed by atoms with Crippen LogP contribution in [0.25, 0.3) is 10.2 Å². The Morgan fingerprint density at radius 1 is 1.43 bits per heavy atom. The van der Waals surface area contributed by atoms with E-state index in [4.69, 9.17) is 4.74 Å². The molecule has 2 aromatic rings. The van der Waals surface area contributed by atoms with E-state index in [9.17, 15) is 4.79 Å². The molecule has 5 nitrogen and oxygen atoms in total. The van der Waals surface area contributed by atoms with E-state index in [2.05, 4.69) is 19.1 Å². The summed E-state index contributed by atoms with van der Waals surface area (Å²) in [4.78, 5) is 19.6. The minimum Gasteiger partial charge on any atom is -0.494 e. The van der Waals surface area contributed by atoms with Crippen LogP contribution in [0.4, 0.5) is 5.13 Å². The van der Waals surface area contributed by atoms with Crippen molar-refractivity contribution in [1.29, 1.82) is 0 Å². The summed E-state index contributed by atoms with van der Waals surface area (Å²) in [5, 5.41) is 0.746. The summed E-state index contributed by atoms with van der Waals surface area (Å²) in [6.07, 6.45) is 0.953. The first-order valence-corrected chi connectivity index (χ1v) is 7.85. The number of hydrogen-bond acceptors (Lipinski definition) is 4. The van der Waals surface area contributed by atoms with E-state index in [0.29, 0.717) is 6.54 Å². The number of aromatic nitrogens is 1. The lowest BCUT2D eigenvalue weighted by atomic mass is 10.3. The monoisotopic (exact) mass is 308 g/mol. The van der Waals surface area contributed by atoms with Crippen LogP contribution in [0.2, 0.25) is 0 Å². The van der Waals surface area contributed by atoms with Crippen molar-refractivity contribution in [3.63, 3.8) is 0 Å². The number of quaternary nitrogens is 1. The highest BCUT2D eigenvalue weighted by atomic mass is 32.1. The van der Waals surface area contributed by atoms with Gasteiger partial charge in [-0.2, -0.15) is 0 Å². The number of ether oxygens (including phenoxy) is 1. The van der Waals surface area contributed by atoms with Crippen molar-refractivity contribution in [2.75, 3.05) is 39.2 Å². The first-order valence-electron chi connectivity index (χ1n) is 7.03. The molecule has 6 heteroatoms. The van der Waals surface area contributed by atoms with Gasteiger partial charge in [0.2, 0.25) is 5.91 Å². The second-order valence-electron chi connectivity index (χ2n) is 5.28. The quantitative estimate of drug-likeness (QED) is 0.872. The molecular formula is C15H22N3O2S+. The molecule has 0 atom stereocenters. The van der Waals surface area contributed by atoms with Crippen LogP contribution in [-0.2, 0) is 4.79 Å². The molecule has 2 rings (SSSR count). The number of carbonyl (C=O) groups is 1. The van der Waals surface area contributed by atoms with Crippen molar-refractivity contribution in [2.24, 2.45) is 0 Å². The van der Waals surface area contributed by atoms with Gasteiger partial charge in [-0.05, 0) is 12.1 Å². The molecule has 0 saturated carbocycles. The SMILES string of the molecule is COc1cccc2sc(N(CCC[NH+](C)C)C(C)=O)nc12. The second-order valence-corrected chi connectivity index (χ2v) is 6.29. The summed E-state index contributed by atoms with van der Waals surface area (Å²) in [5.41, 5.74) is 0.824. The number of methoxy groups -OCH3 is 1. The third-order valence-electron chi connectivity index (χ3n) is 3.26. The zero-order chi connectivity index (χ0) is 15.4. The van der Waals surface area contributed by atoms with Crippen LogP contribution in [0, 0.1) is 0 Å². The Hall–Kier alpha value is -1.66. The van der Waals surface area contributed by atoms with Gasteiger partial charge in [0.15, 0.2) is 5.13 Å². The number of anilines is 1. The fraction of sp³-hybridized carbons (Fsp3) is 0.467. The van der Waals surface area contributed by atoms with E-state index in [-0.39, 0.29) is 5.91 Å². The van der Waals surface area contributed by atoms with Gasteiger partial charge in [0.1, 0.15) is 11.3 Å². The van der Waals surface area contributed by atoms with E-state index < -0.39 is 0 Å². The van der Waals surface area contributed by atoms with Crippen molar-refractivity contribution in [3.05, 3.63) is 18.2 Å². The van der Waals surface area contributed by atoms with E-state index in [1.165, 1.54) is 16.2 Å². The Kier molecular flexibility index (Phi) is 5.14. The highest BCUT2D eigenvalue weighted by Gasteiger charge is 2.17. The smallest absolute Gasteiger partial charge is 0.225 e. The zero-order valence-electron chi connectivity index (χ0n) is 13.0. The number of nitrogens with zero attached hydrogens (tertiary/aromatic N) is 2. The average molecular weight is 308 g/mol. The van der Waals surface area contributed by atoms with Crippen LogP contribution in [0.1, 0.15) is 13.3 Å². The van der Waals surface area contributed by atoms with Gasteiger partial charge in [-0.3, -0.25) is 9.69 Å². The Morgan fingerprint density at radius 2 is 2.19 bits per heavy atom. The van der Waals surface area contributed by atoms with Gasteiger partial charge in [0.05, 0.1) is 32.4 Å². The molecule has 0 radical (unpaired) electrons. The number of amides is 1. The number of carbonyl (C=O) groups excluding carboxylic acids is 1. The van der Waals surface area contributed by atoms with E-state index in [1.807, 2.05) is 18.2 Å². The van der Waals surface area contributed by atoms with Gasteiger partial charge in [-0.1, -0.05) is 17.4 Å². The molecule has 0 aliphatic rings. The van der Waals surface area contributed by atoms with Crippen LogP contribution in [0.15, 0.2) is 18.2 Å². The van der Waals surface area contributed by atoms with Crippen molar-refractivity contribution >= 4 is 32.6 Å². The maximum absolute atomic E-state index is 11.9. The van der Waals surface area contributed by atoms with Crippen LogP contribution in [0.3, 0.4) is 0 Å². The fourth-order valence-corrected chi connectivity index (χ4v) is 3.22. The van der Waals surface area contributed by atoms with Crippen LogP contribution in [0.5, 0.6) is 5.75 Å². The molecule has 0 bridgehead atoms. The lowest BCUT2D eigenvalue weighted by molar-refractivity contribution is -0.858. The molecule has 0 aliphatic heterocycles. The normalized spacial score (nSPS) is 11.1. The van der Waals surface area contributed by atoms with Crippen molar-refractivity contribution < 1.29 is 14.4 Å². The predicted octanol–water partition coefficient (Wildman–Crippen LogP) is 1.19. The molecule has 114 valence electrons. The molecule has 1 aromatic heterocycles. The van der Waals surface area contributed by atoms with Gasteiger partial charge in [0, 0.05) is 19.9 Å². The molecule has 0 fully saturated rings. The van der Waals surface area contributed by atoms with E-state index in [1.54, 1.807) is 18.9 Å². The highest BCUT2D eigenvalue weighted by Crippen LogP contribution is 2.34. The molecule has 21 heavy (non-hydrogen) atoms. The molecule has 0 aliphatic carbocycles. The molecule has 0 spiro atoms.